The summed E-state index contributed by atoms with van der Waals surface area (Å²) < 4.78 is 0. The first-order valence-corrected chi connectivity index (χ1v) is 15.4. The second-order valence-corrected chi connectivity index (χ2v) is 13.6. The lowest BCUT2D eigenvalue weighted by Gasteiger charge is -2.44. The van der Waals surface area contributed by atoms with E-state index in [1.54, 1.807) is 23.9 Å². The van der Waals surface area contributed by atoms with Crippen LogP contribution in [0, 0.1) is 37.5 Å². The second kappa shape index (κ2) is 11.2. The Morgan fingerprint density at radius 1 is 1.07 bits per heavy atom. The number of allylic oxidation sites excluding steroid dienone is 3. The van der Waals surface area contributed by atoms with Crippen molar-refractivity contribution >= 4 is 46.4 Å². The van der Waals surface area contributed by atoms with Crippen molar-refractivity contribution < 1.29 is 4.79 Å². The standard InChI is InChI=1S/C34H33Cl2N3OS/c1-19-12-22(18-41-30-14-23(35)10-11-26(30)36)21(3)24(13-19)31-25(17-37)33(38)39(27-9-7-6-8-20(27)2)28-15-34(4,5)16-29(40)32(28)31/h6-14,31H,15-16,18,38H2,1-5H3. The number of aryl methyl sites for hydroxylation is 2. The van der Waals surface area contributed by atoms with Gasteiger partial charge in [0, 0.05) is 33.4 Å². The number of carbonyl (C=O) groups excluding carboxylic acids is 1. The molecule has 1 unspecified atom stereocenters. The molecule has 2 N–H and O–H groups in total. The van der Waals surface area contributed by atoms with E-state index in [2.05, 4.69) is 39.0 Å². The molecule has 0 bridgehead atoms. The summed E-state index contributed by atoms with van der Waals surface area (Å²) in [5.74, 6) is 0.592. The topological polar surface area (TPSA) is 70.1 Å². The molecule has 3 aromatic carbocycles. The number of anilines is 1. The Kier molecular flexibility index (Phi) is 8.05. The molecule has 5 rings (SSSR count). The maximum Gasteiger partial charge on any atom is 0.162 e. The van der Waals surface area contributed by atoms with Gasteiger partial charge in [0.15, 0.2) is 5.78 Å². The quantitative estimate of drug-likeness (QED) is 0.295. The van der Waals surface area contributed by atoms with Crippen LogP contribution in [-0.4, -0.2) is 5.78 Å². The Morgan fingerprint density at radius 2 is 1.80 bits per heavy atom. The molecule has 0 saturated carbocycles. The van der Waals surface area contributed by atoms with E-state index >= 15 is 0 Å². The van der Waals surface area contributed by atoms with Gasteiger partial charge in [0.05, 0.1) is 28.3 Å². The number of nitrogens with two attached hydrogens (primary N) is 1. The number of para-hydroxylation sites is 1. The number of nitriles is 1. The second-order valence-electron chi connectivity index (χ2n) is 11.8. The zero-order valence-corrected chi connectivity index (χ0v) is 26.3. The van der Waals surface area contributed by atoms with Crippen molar-refractivity contribution in [3.05, 3.63) is 115 Å². The largest absolute Gasteiger partial charge is 0.384 e. The van der Waals surface area contributed by atoms with Crippen LogP contribution in [0.4, 0.5) is 5.69 Å². The maximum absolute atomic E-state index is 14.0. The Morgan fingerprint density at radius 3 is 2.51 bits per heavy atom. The van der Waals surface area contributed by atoms with E-state index in [1.807, 2.05) is 49.1 Å². The van der Waals surface area contributed by atoms with Crippen LogP contribution < -0.4 is 10.6 Å². The first-order valence-electron chi connectivity index (χ1n) is 13.6. The molecular formula is C34H33Cl2N3OS. The molecular weight excluding hydrogens is 569 g/mol. The summed E-state index contributed by atoms with van der Waals surface area (Å²) in [6.45, 7) is 10.4. The summed E-state index contributed by atoms with van der Waals surface area (Å²) in [5, 5.41) is 11.9. The summed E-state index contributed by atoms with van der Waals surface area (Å²) in [5.41, 5.74) is 14.7. The molecule has 1 aliphatic carbocycles. The van der Waals surface area contributed by atoms with Crippen molar-refractivity contribution in [2.45, 2.75) is 64.0 Å². The normalized spacial score (nSPS) is 18.4. The fourth-order valence-corrected chi connectivity index (χ4v) is 7.61. The highest BCUT2D eigenvalue weighted by Crippen LogP contribution is 2.51. The van der Waals surface area contributed by atoms with Crippen LogP contribution in [0.5, 0.6) is 0 Å². The summed E-state index contributed by atoms with van der Waals surface area (Å²) in [4.78, 5) is 16.9. The van der Waals surface area contributed by atoms with Gasteiger partial charge in [0.1, 0.15) is 5.82 Å². The van der Waals surface area contributed by atoms with Gasteiger partial charge in [0.25, 0.3) is 0 Å². The molecule has 0 aromatic heterocycles. The average molecular weight is 603 g/mol. The van der Waals surface area contributed by atoms with Crippen molar-refractivity contribution in [1.29, 1.82) is 5.26 Å². The average Bonchev–Trinajstić information content (AvgIpc) is 2.90. The molecule has 0 saturated heterocycles. The Balaban J connectivity index is 1.68. The molecule has 4 nitrogen and oxygen atoms in total. The smallest absolute Gasteiger partial charge is 0.162 e. The van der Waals surface area contributed by atoms with Gasteiger partial charge >= 0.3 is 0 Å². The van der Waals surface area contributed by atoms with E-state index in [0.29, 0.717) is 45.6 Å². The van der Waals surface area contributed by atoms with Crippen molar-refractivity contribution in [2.75, 3.05) is 4.90 Å². The van der Waals surface area contributed by atoms with E-state index < -0.39 is 5.92 Å². The van der Waals surface area contributed by atoms with Crippen LogP contribution in [0.3, 0.4) is 0 Å². The number of carbonyl (C=O) groups is 1. The van der Waals surface area contributed by atoms with E-state index in [0.717, 1.165) is 44.1 Å². The molecule has 1 atom stereocenters. The first-order chi connectivity index (χ1) is 19.4. The van der Waals surface area contributed by atoms with Gasteiger partial charge in [-0.3, -0.25) is 9.69 Å². The Hall–Kier alpha value is -3.17. The van der Waals surface area contributed by atoms with Gasteiger partial charge in [-0.1, -0.05) is 72.9 Å². The number of Topliss-reactive ketones (excluding diaryl/α,β-unsaturated/α-hetero) is 1. The minimum Gasteiger partial charge on any atom is -0.384 e. The summed E-state index contributed by atoms with van der Waals surface area (Å²) in [6.07, 6.45) is 1.10. The Labute approximate surface area is 256 Å². The van der Waals surface area contributed by atoms with Gasteiger partial charge in [-0.25, -0.2) is 0 Å². The van der Waals surface area contributed by atoms with Crippen LogP contribution in [-0.2, 0) is 10.5 Å². The summed E-state index contributed by atoms with van der Waals surface area (Å²) >= 11 is 14.3. The van der Waals surface area contributed by atoms with Gasteiger partial charge in [-0.05, 0) is 79.1 Å². The van der Waals surface area contributed by atoms with E-state index in [-0.39, 0.29) is 11.2 Å². The lowest BCUT2D eigenvalue weighted by Crippen LogP contribution is -2.42. The Bertz CT molecular complexity index is 1680. The van der Waals surface area contributed by atoms with Gasteiger partial charge in [-0.2, -0.15) is 5.26 Å². The van der Waals surface area contributed by atoms with Crippen molar-refractivity contribution in [3.63, 3.8) is 0 Å². The van der Waals surface area contributed by atoms with Crippen LogP contribution in [0.2, 0.25) is 10.0 Å². The number of benzene rings is 3. The lowest BCUT2D eigenvalue weighted by molar-refractivity contribution is -0.118. The summed E-state index contributed by atoms with van der Waals surface area (Å²) in [6, 6.07) is 20.1. The van der Waals surface area contributed by atoms with Crippen LogP contribution >= 0.6 is 35.0 Å². The van der Waals surface area contributed by atoms with Crippen molar-refractivity contribution in [1.82, 2.24) is 0 Å². The minimum atomic E-state index is -0.530. The maximum atomic E-state index is 14.0. The third-order valence-electron chi connectivity index (χ3n) is 8.02. The van der Waals surface area contributed by atoms with Crippen molar-refractivity contribution in [3.8, 4) is 6.07 Å². The van der Waals surface area contributed by atoms with Gasteiger partial charge in [-0.15, -0.1) is 11.8 Å². The third-order valence-corrected chi connectivity index (χ3v) is 9.81. The van der Waals surface area contributed by atoms with Gasteiger partial charge < -0.3 is 5.73 Å². The predicted molar refractivity (Wildman–Crippen MR) is 170 cm³/mol. The van der Waals surface area contributed by atoms with E-state index in [4.69, 9.17) is 28.9 Å². The first kappa shape index (κ1) is 29.3. The molecule has 41 heavy (non-hydrogen) atoms. The number of nitrogens with zero attached hydrogens (tertiary/aromatic N) is 2. The number of rotatable bonds is 5. The molecule has 3 aromatic rings. The number of thioether (sulfide) groups is 1. The molecule has 1 heterocycles. The fraction of sp³-hybridized carbons (Fsp3) is 0.294. The van der Waals surface area contributed by atoms with Crippen molar-refractivity contribution in [2.24, 2.45) is 11.1 Å². The van der Waals surface area contributed by atoms with Crippen LogP contribution in [0.15, 0.2) is 82.2 Å². The zero-order valence-electron chi connectivity index (χ0n) is 23.9. The van der Waals surface area contributed by atoms with E-state index in [9.17, 15) is 10.1 Å². The van der Waals surface area contributed by atoms with Crippen LogP contribution in [0.1, 0.15) is 60.4 Å². The number of hydrogen-bond donors (Lipinski definition) is 1. The molecule has 0 fully saturated rings. The van der Waals surface area contributed by atoms with E-state index in [1.165, 1.54) is 0 Å². The number of halogens is 2. The molecule has 0 spiro atoms. The minimum absolute atomic E-state index is 0.0719. The summed E-state index contributed by atoms with van der Waals surface area (Å²) in [7, 11) is 0. The SMILES string of the molecule is Cc1cc(CSc2cc(Cl)ccc2Cl)c(C)c(C2C(C#N)=C(N)N(c3ccccc3C)C3=C2C(=O)CC(C)(C)C3)c1. The number of ketones is 1. The predicted octanol–water partition coefficient (Wildman–Crippen LogP) is 9.15. The molecule has 2 aliphatic rings. The van der Waals surface area contributed by atoms with Crippen LogP contribution in [0.25, 0.3) is 0 Å². The highest BCUT2D eigenvalue weighted by molar-refractivity contribution is 7.98. The highest BCUT2D eigenvalue weighted by Gasteiger charge is 2.45. The lowest BCUT2D eigenvalue weighted by atomic mass is 9.68. The van der Waals surface area contributed by atoms with Gasteiger partial charge in [0.2, 0.25) is 0 Å². The molecule has 210 valence electrons. The number of hydrogen-bond acceptors (Lipinski definition) is 5. The molecule has 1 aliphatic heterocycles. The fourth-order valence-electron chi connectivity index (χ4n) is 6.07. The molecule has 7 heteroatoms. The third kappa shape index (κ3) is 5.54. The molecule has 0 amide bonds. The monoisotopic (exact) mass is 601 g/mol. The highest BCUT2D eigenvalue weighted by atomic mass is 35.5. The zero-order chi connectivity index (χ0) is 29.6. The molecule has 0 radical (unpaired) electrons.